The van der Waals surface area contributed by atoms with E-state index in [-0.39, 0.29) is 19.3 Å². The molecule has 0 aromatic heterocycles. The van der Waals surface area contributed by atoms with Gasteiger partial charge in [-0.2, -0.15) is 0 Å². The van der Waals surface area contributed by atoms with Crippen molar-refractivity contribution >= 4 is 21.8 Å². The Bertz CT molecular complexity index is 450. The molecule has 2 rings (SSSR count). The fraction of sp³-hybridized carbons (Fsp3) is 0.417. The highest BCUT2D eigenvalue weighted by molar-refractivity contribution is 9.10. The van der Waals surface area contributed by atoms with E-state index in [0.717, 1.165) is 21.3 Å². The maximum atomic E-state index is 11.4. The number of hydrogen-bond acceptors (Lipinski definition) is 4. The maximum absolute atomic E-state index is 11.4. The summed E-state index contributed by atoms with van der Waals surface area (Å²) in [7, 11) is 1.49. The first-order valence-corrected chi connectivity index (χ1v) is 6.27. The lowest BCUT2D eigenvalue weighted by atomic mass is 10.1. The quantitative estimate of drug-likeness (QED) is 0.916. The van der Waals surface area contributed by atoms with Gasteiger partial charge in [0, 0.05) is 29.3 Å². The molecule has 1 aromatic rings. The largest absolute Gasteiger partial charge is 0.467 e. The van der Waals surface area contributed by atoms with Crippen molar-refractivity contribution in [1.29, 1.82) is 0 Å². The van der Waals surface area contributed by atoms with Crippen LogP contribution in [0.3, 0.4) is 0 Å². The van der Waals surface area contributed by atoms with Crippen LogP contribution in [-0.4, -0.2) is 26.4 Å². The minimum absolute atomic E-state index is 0.0557. The summed E-state index contributed by atoms with van der Waals surface area (Å²) in [6.07, 6.45) is 0. The molecule has 18 heavy (non-hydrogen) atoms. The number of carbonyl (C=O) groups excluding carboxylic acids is 1. The number of carbonyl (C=O) groups is 1. The zero-order valence-corrected chi connectivity index (χ0v) is 11.6. The van der Waals surface area contributed by atoms with E-state index >= 15 is 0 Å². The van der Waals surface area contributed by atoms with Gasteiger partial charge in [0.1, 0.15) is 12.4 Å². The molecule has 5 nitrogen and oxygen atoms in total. The molecule has 0 saturated carbocycles. The number of amides is 1. The van der Waals surface area contributed by atoms with Crippen LogP contribution in [-0.2, 0) is 27.4 Å². The molecule has 1 N–H and O–H groups in total. The van der Waals surface area contributed by atoms with E-state index in [1.165, 1.54) is 7.11 Å². The monoisotopic (exact) mass is 315 g/mol. The van der Waals surface area contributed by atoms with Crippen LogP contribution < -0.4 is 10.1 Å². The van der Waals surface area contributed by atoms with E-state index in [1.54, 1.807) is 0 Å². The first-order chi connectivity index (χ1) is 8.70. The van der Waals surface area contributed by atoms with Crippen molar-refractivity contribution in [3.05, 3.63) is 27.7 Å². The Labute approximate surface area is 114 Å². The zero-order chi connectivity index (χ0) is 13.0. The molecule has 0 saturated heterocycles. The zero-order valence-electron chi connectivity index (χ0n) is 9.99. The second-order valence-electron chi connectivity index (χ2n) is 3.87. The molecule has 1 amide bonds. The van der Waals surface area contributed by atoms with E-state index in [0.29, 0.717) is 13.2 Å². The molecule has 1 aromatic carbocycles. The highest BCUT2D eigenvalue weighted by Gasteiger charge is 2.16. The van der Waals surface area contributed by atoms with Crippen molar-refractivity contribution in [2.45, 2.75) is 13.2 Å². The van der Waals surface area contributed by atoms with Crippen LogP contribution in [0.5, 0.6) is 5.75 Å². The summed E-state index contributed by atoms with van der Waals surface area (Å²) in [6.45, 7) is 1.23. The normalized spacial score (nSPS) is 13.7. The number of ether oxygens (including phenoxy) is 3. The first-order valence-electron chi connectivity index (χ1n) is 5.48. The van der Waals surface area contributed by atoms with Gasteiger partial charge >= 0.3 is 0 Å². The molecule has 0 atom stereocenters. The summed E-state index contributed by atoms with van der Waals surface area (Å²) in [5, 5.41) is 2.77. The van der Waals surface area contributed by atoms with Crippen LogP contribution in [0.15, 0.2) is 16.6 Å². The smallest absolute Gasteiger partial charge is 0.246 e. The SMILES string of the molecule is COCC(=O)NCc1cc(Br)cc2c1OCOC2. The number of methoxy groups -OCH3 is 1. The summed E-state index contributed by atoms with van der Waals surface area (Å²) in [5.74, 6) is 0.639. The molecule has 0 aliphatic carbocycles. The number of rotatable bonds is 4. The van der Waals surface area contributed by atoms with Gasteiger partial charge in [-0.05, 0) is 12.1 Å². The number of hydrogen-bond donors (Lipinski definition) is 1. The predicted molar refractivity (Wildman–Crippen MR) is 68.1 cm³/mol. The minimum atomic E-state index is -0.154. The third-order valence-corrected chi connectivity index (χ3v) is 2.96. The van der Waals surface area contributed by atoms with Crippen molar-refractivity contribution in [1.82, 2.24) is 5.32 Å². The Morgan fingerprint density at radius 1 is 1.56 bits per heavy atom. The van der Waals surface area contributed by atoms with Crippen LogP contribution in [0.4, 0.5) is 0 Å². The van der Waals surface area contributed by atoms with Crippen LogP contribution >= 0.6 is 15.9 Å². The van der Waals surface area contributed by atoms with Gasteiger partial charge in [-0.15, -0.1) is 0 Å². The van der Waals surface area contributed by atoms with E-state index in [4.69, 9.17) is 14.2 Å². The van der Waals surface area contributed by atoms with Crippen molar-refractivity contribution in [3.63, 3.8) is 0 Å². The van der Waals surface area contributed by atoms with Gasteiger partial charge < -0.3 is 19.5 Å². The molecule has 6 heteroatoms. The Morgan fingerprint density at radius 2 is 2.39 bits per heavy atom. The molecule has 0 spiro atoms. The van der Waals surface area contributed by atoms with Crippen LogP contribution in [0.25, 0.3) is 0 Å². The molecule has 1 aliphatic rings. The Kier molecular flexibility index (Phi) is 4.57. The summed E-state index contributed by atoms with van der Waals surface area (Å²) in [4.78, 5) is 11.4. The second-order valence-corrected chi connectivity index (χ2v) is 4.79. The Morgan fingerprint density at radius 3 is 3.17 bits per heavy atom. The van der Waals surface area contributed by atoms with Gasteiger partial charge in [0.2, 0.25) is 5.91 Å². The topological polar surface area (TPSA) is 56.8 Å². The molecule has 98 valence electrons. The van der Waals surface area contributed by atoms with Crippen molar-refractivity contribution in [2.75, 3.05) is 20.5 Å². The highest BCUT2D eigenvalue weighted by Crippen LogP contribution is 2.31. The number of nitrogens with one attached hydrogen (secondary N) is 1. The number of benzene rings is 1. The molecule has 1 heterocycles. The van der Waals surface area contributed by atoms with Gasteiger partial charge in [0.25, 0.3) is 0 Å². The third-order valence-electron chi connectivity index (χ3n) is 2.50. The van der Waals surface area contributed by atoms with Crippen molar-refractivity contribution in [3.8, 4) is 5.75 Å². The first kappa shape index (κ1) is 13.3. The van der Waals surface area contributed by atoms with Crippen LogP contribution in [0.2, 0.25) is 0 Å². The lowest BCUT2D eigenvalue weighted by Gasteiger charge is -2.21. The van der Waals surface area contributed by atoms with Gasteiger partial charge in [0.05, 0.1) is 6.61 Å². The standard InChI is InChI=1S/C12H14BrNO4/c1-16-6-11(15)14-4-8-2-10(13)3-9-5-17-7-18-12(8)9/h2-3H,4-7H2,1H3,(H,14,15). The van der Waals surface area contributed by atoms with Gasteiger partial charge in [-0.25, -0.2) is 0 Å². The molecular formula is C12H14BrNO4. The average molecular weight is 316 g/mol. The lowest BCUT2D eigenvalue weighted by Crippen LogP contribution is -2.27. The lowest BCUT2D eigenvalue weighted by molar-refractivity contribution is -0.124. The van der Waals surface area contributed by atoms with Gasteiger partial charge in [0.15, 0.2) is 6.79 Å². The van der Waals surface area contributed by atoms with Gasteiger partial charge in [-0.3, -0.25) is 4.79 Å². The Hall–Kier alpha value is -1.11. The summed E-state index contributed by atoms with van der Waals surface area (Å²) < 4.78 is 16.4. The summed E-state index contributed by atoms with van der Waals surface area (Å²) >= 11 is 3.43. The molecule has 0 bridgehead atoms. The molecule has 0 fully saturated rings. The fourth-order valence-corrected chi connectivity index (χ4v) is 2.32. The van der Waals surface area contributed by atoms with Crippen LogP contribution in [0.1, 0.15) is 11.1 Å². The second kappa shape index (κ2) is 6.17. The minimum Gasteiger partial charge on any atom is -0.467 e. The summed E-state index contributed by atoms with van der Waals surface area (Å²) in [6, 6.07) is 3.88. The highest BCUT2D eigenvalue weighted by atomic mass is 79.9. The molecule has 0 radical (unpaired) electrons. The Balaban J connectivity index is 2.12. The third kappa shape index (κ3) is 3.22. The predicted octanol–water partition coefficient (Wildman–Crippen LogP) is 1.58. The average Bonchev–Trinajstić information content (AvgIpc) is 2.36. The number of halogens is 1. The van der Waals surface area contributed by atoms with E-state index in [1.807, 2.05) is 12.1 Å². The molecule has 1 aliphatic heterocycles. The van der Waals surface area contributed by atoms with E-state index < -0.39 is 0 Å². The van der Waals surface area contributed by atoms with Crippen LogP contribution in [0, 0.1) is 0 Å². The van der Waals surface area contributed by atoms with Crippen molar-refractivity contribution in [2.24, 2.45) is 0 Å². The van der Waals surface area contributed by atoms with E-state index in [9.17, 15) is 4.79 Å². The molecular weight excluding hydrogens is 302 g/mol. The summed E-state index contributed by atoms with van der Waals surface area (Å²) in [5.41, 5.74) is 1.90. The van der Waals surface area contributed by atoms with Crippen molar-refractivity contribution < 1.29 is 19.0 Å². The van der Waals surface area contributed by atoms with E-state index in [2.05, 4.69) is 21.2 Å². The molecule has 0 unspecified atom stereocenters. The fourth-order valence-electron chi connectivity index (χ4n) is 1.76. The van der Waals surface area contributed by atoms with Gasteiger partial charge in [-0.1, -0.05) is 15.9 Å². The number of fused-ring (bicyclic) bond motifs is 1. The maximum Gasteiger partial charge on any atom is 0.246 e.